The number of nitrogens with zero attached hydrogens (tertiary/aromatic N) is 3. The number of anilines is 1. The standard InChI is InChI=1S/C16H26N4O/c1-3-20-15(9-10-17-20)19-11-5-8-14(16(19)21)18-12(2)13-6-4-7-13/h9-10,12-14,18H,3-8,11H2,1-2H3/t12-,14-/m0/s1. The van der Waals surface area contributed by atoms with Crippen molar-refractivity contribution in [1.82, 2.24) is 15.1 Å². The molecule has 1 aromatic heterocycles. The molecule has 5 nitrogen and oxygen atoms in total. The fourth-order valence-corrected chi connectivity index (χ4v) is 3.45. The molecule has 0 aromatic carbocycles. The highest BCUT2D eigenvalue weighted by atomic mass is 16.2. The molecule has 1 aromatic rings. The first kappa shape index (κ1) is 14.6. The van der Waals surface area contributed by atoms with Crippen molar-refractivity contribution in [2.24, 2.45) is 5.92 Å². The Labute approximate surface area is 126 Å². The van der Waals surface area contributed by atoms with Gasteiger partial charge in [0.15, 0.2) is 0 Å². The minimum absolute atomic E-state index is 0.0328. The van der Waals surface area contributed by atoms with Crippen LogP contribution in [0, 0.1) is 5.92 Å². The van der Waals surface area contributed by atoms with Gasteiger partial charge in [0.1, 0.15) is 5.82 Å². The van der Waals surface area contributed by atoms with Crippen molar-refractivity contribution < 1.29 is 4.79 Å². The van der Waals surface area contributed by atoms with Crippen LogP contribution in [0.2, 0.25) is 0 Å². The lowest BCUT2D eigenvalue weighted by Crippen LogP contribution is -2.55. The third kappa shape index (κ3) is 2.84. The first-order valence-electron chi connectivity index (χ1n) is 8.30. The summed E-state index contributed by atoms with van der Waals surface area (Å²) in [6.07, 6.45) is 7.74. The molecule has 0 bridgehead atoms. The summed E-state index contributed by atoms with van der Waals surface area (Å²) in [5.41, 5.74) is 0. The first-order chi connectivity index (χ1) is 10.2. The maximum Gasteiger partial charge on any atom is 0.245 e. The predicted molar refractivity (Wildman–Crippen MR) is 83.2 cm³/mol. The van der Waals surface area contributed by atoms with E-state index in [2.05, 4.69) is 24.3 Å². The van der Waals surface area contributed by atoms with Gasteiger partial charge in [0, 0.05) is 25.2 Å². The van der Waals surface area contributed by atoms with Crippen LogP contribution in [0.4, 0.5) is 5.82 Å². The zero-order chi connectivity index (χ0) is 14.8. The van der Waals surface area contributed by atoms with E-state index in [0.717, 1.165) is 37.7 Å². The molecule has 1 aliphatic carbocycles. The maximum atomic E-state index is 12.8. The molecule has 1 saturated heterocycles. The number of hydrogen-bond donors (Lipinski definition) is 1. The topological polar surface area (TPSA) is 50.2 Å². The zero-order valence-electron chi connectivity index (χ0n) is 13.1. The molecule has 2 atom stereocenters. The highest BCUT2D eigenvalue weighted by molar-refractivity contribution is 5.97. The molecular weight excluding hydrogens is 264 g/mol. The maximum absolute atomic E-state index is 12.8. The Hall–Kier alpha value is -1.36. The van der Waals surface area contributed by atoms with Crippen LogP contribution in [-0.2, 0) is 11.3 Å². The van der Waals surface area contributed by atoms with E-state index in [1.165, 1.54) is 19.3 Å². The summed E-state index contributed by atoms with van der Waals surface area (Å²) in [5.74, 6) is 1.90. The van der Waals surface area contributed by atoms with Crippen LogP contribution in [0.25, 0.3) is 0 Å². The number of piperidine rings is 1. The van der Waals surface area contributed by atoms with Crippen molar-refractivity contribution in [3.63, 3.8) is 0 Å². The fraction of sp³-hybridized carbons (Fsp3) is 0.750. The summed E-state index contributed by atoms with van der Waals surface area (Å²) in [6.45, 7) is 5.88. The van der Waals surface area contributed by atoms with E-state index in [4.69, 9.17) is 0 Å². The predicted octanol–water partition coefficient (Wildman–Crippen LogP) is 2.18. The van der Waals surface area contributed by atoms with Gasteiger partial charge in [0.2, 0.25) is 5.91 Å². The zero-order valence-corrected chi connectivity index (χ0v) is 13.1. The number of rotatable bonds is 5. The van der Waals surface area contributed by atoms with E-state index in [1.54, 1.807) is 6.20 Å². The van der Waals surface area contributed by atoms with Gasteiger partial charge >= 0.3 is 0 Å². The number of carbonyl (C=O) groups is 1. The number of aromatic nitrogens is 2. The summed E-state index contributed by atoms with van der Waals surface area (Å²) < 4.78 is 1.90. The van der Waals surface area contributed by atoms with Crippen LogP contribution >= 0.6 is 0 Å². The first-order valence-corrected chi connectivity index (χ1v) is 8.30. The number of amides is 1. The number of nitrogens with one attached hydrogen (secondary N) is 1. The Bertz CT molecular complexity index is 494. The summed E-state index contributed by atoms with van der Waals surface area (Å²) in [5, 5.41) is 7.86. The summed E-state index contributed by atoms with van der Waals surface area (Å²) >= 11 is 0. The molecule has 5 heteroatoms. The second kappa shape index (κ2) is 6.18. The van der Waals surface area contributed by atoms with Crippen LogP contribution in [0.5, 0.6) is 0 Å². The number of aryl methyl sites for hydroxylation is 1. The summed E-state index contributed by atoms with van der Waals surface area (Å²) in [6, 6.07) is 2.36. The Balaban J connectivity index is 1.68. The van der Waals surface area contributed by atoms with Gasteiger partial charge in [-0.3, -0.25) is 9.69 Å². The van der Waals surface area contributed by atoms with E-state index in [0.29, 0.717) is 6.04 Å². The highest BCUT2D eigenvalue weighted by Gasteiger charge is 2.34. The van der Waals surface area contributed by atoms with Gasteiger partial charge in [-0.25, -0.2) is 4.68 Å². The molecule has 3 rings (SSSR count). The highest BCUT2D eigenvalue weighted by Crippen LogP contribution is 2.30. The normalized spacial score (nSPS) is 25.0. The van der Waals surface area contributed by atoms with Gasteiger partial charge in [-0.2, -0.15) is 5.10 Å². The van der Waals surface area contributed by atoms with Crippen LogP contribution in [-0.4, -0.2) is 34.3 Å². The lowest BCUT2D eigenvalue weighted by molar-refractivity contribution is -0.122. The van der Waals surface area contributed by atoms with Crippen molar-refractivity contribution in [1.29, 1.82) is 0 Å². The Morgan fingerprint density at radius 1 is 1.38 bits per heavy atom. The minimum Gasteiger partial charge on any atom is -0.303 e. The molecule has 2 aliphatic rings. The van der Waals surface area contributed by atoms with E-state index in [-0.39, 0.29) is 11.9 Å². The molecule has 2 fully saturated rings. The van der Waals surface area contributed by atoms with Crippen LogP contribution in [0.1, 0.15) is 46.0 Å². The van der Waals surface area contributed by atoms with Gasteiger partial charge in [-0.05, 0) is 45.4 Å². The van der Waals surface area contributed by atoms with Crippen molar-refractivity contribution in [2.75, 3.05) is 11.4 Å². The van der Waals surface area contributed by atoms with Gasteiger partial charge < -0.3 is 5.32 Å². The summed E-state index contributed by atoms with van der Waals surface area (Å²) in [4.78, 5) is 14.7. The molecule has 1 amide bonds. The molecule has 0 unspecified atom stereocenters. The second-order valence-corrected chi connectivity index (χ2v) is 6.34. The number of carbonyl (C=O) groups excluding carboxylic acids is 1. The lowest BCUT2D eigenvalue weighted by atomic mass is 9.80. The third-order valence-electron chi connectivity index (χ3n) is 5.03. The minimum atomic E-state index is -0.0328. The molecule has 2 heterocycles. The van der Waals surface area contributed by atoms with E-state index < -0.39 is 0 Å². The second-order valence-electron chi connectivity index (χ2n) is 6.34. The van der Waals surface area contributed by atoms with E-state index >= 15 is 0 Å². The molecule has 21 heavy (non-hydrogen) atoms. The Kier molecular flexibility index (Phi) is 4.29. The molecule has 1 N–H and O–H groups in total. The van der Waals surface area contributed by atoms with Crippen molar-refractivity contribution in [2.45, 2.75) is 64.6 Å². The van der Waals surface area contributed by atoms with Gasteiger partial charge in [-0.1, -0.05) is 6.42 Å². The molecule has 0 spiro atoms. The van der Waals surface area contributed by atoms with Crippen LogP contribution < -0.4 is 10.2 Å². The van der Waals surface area contributed by atoms with E-state index in [1.807, 2.05) is 15.6 Å². The quantitative estimate of drug-likeness (QED) is 0.904. The molecule has 1 saturated carbocycles. The average molecular weight is 290 g/mol. The molecule has 116 valence electrons. The van der Waals surface area contributed by atoms with Gasteiger partial charge in [0.05, 0.1) is 12.2 Å². The molecule has 0 radical (unpaired) electrons. The van der Waals surface area contributed by atoms with Crippen molar-refractivity contribution in [3.05, 3.63) is 12.3 Å². The Morgan fingerprint density at radius 3 is 2.86 bits per heavy atom. The van der Waals surface area contributed by atoms with Gasteiger partial charge in [-0.15, -0.1) is 0 Å². The largest absolute Gasteiger partial charge is 0.303 e. The van der Waals surface area contributed by atoms with Crippen molar-refractivity contribution >= 4 is 11.7 Å². The van der Waals surface area contributed by atoms with Crippen LogP contribution in [0.15, 0.2) is 12.3 Å². The monoisotopic (exact) mass is 290 g/mol. The third-order valence-corrected chi connectivity index (χ3v) is 5.03. The smallest absolute Gasteiger partial charge is 0.245 e. The Morgan fingerprint density at radius 2 is 2.19 bits per heavy atom. The van der Waals surface area contributed by atoms with Crippen LogP contribution in [0.3, 0.4) is 0 Å². The summed E-state index contributed by atoms with van der Waals surface area (Å²) in [7, 11) is 0. The molecule has 1 aliphatic heterocycles. The number of hydrogen-bond acceptors (Lipinski definition) is 3. The van der Waals surface area contributed by atoms with E-state index in [9.17, 15) is 4.79 Å². The molecular formula is C16H26N4O. The SMILES string of the molecule is CCn1nccc1N1CCC[C@H](N[C@@H](C)C2CCC2)C1=O. The van der Waals surface area contributed by atoms with Crippen molar-refractivity contribution in [3.8, 4) is 0 Å². The average Bonchev–Trinajstić information content (AvgIpc) is 2.87. The van der Waals surface area contributed by atoms with Gasteiger partial charge in [0.25, 0.3) is 0 Å². The lowest BCUT2D eigenvalue weighted by Gasteiger charge is -2.38. The fourth-order valence-electron chi connectivity index (χ4n) is 3.45.